The van der Waals surface area contributed by atoms with Crippen LogP contribution in [-0.2, 0) is 0 Å². The van der Waals surface area contributed by atoms with E-state index in [1.165, 1.54) is 12.8 Å². The molecular weight excluding hydrogens is 632 g/mol. The number of para-hydroxylation sites is 4. The van der Waals surface area contributed by atoms with Crippen LogP contribution in [0, 0.1) is 0 Å². The molecular formula is C34H36N16. The monoisotopic (exact) mass is 668 g/mol. The van der Waals surface area contributed by atoms with Crippen molar-refractivity contribution >= 4 is 56.3 Å². The van der Waals surface area contributed by atoms with E-state index in [9.17, 15) is 0 Å². The van der Waals surface area contributed by atoms with Crippen molar-refractivity contribution in [3.05, 3.63) is 97.4 Å². The first kappa shape index (κ1) is 32.0. The number of fused-ring (bicyclic) bond motifs is 5. The molecule has 2 saturated heterocycles. The Morgan fingerprint density at radius 2 is 0.660 bits per heavy atom. The van der Waals surface area contributed by atoms with Gasteiger partial charge >= 0.3 is 0 Å². The lowest BCUT2D eigenvalue weighted by atomic mass is 10.3. The molecule has 16 nitrogen and oxygen atoms in total. The van der Waals surface area contributed by atoms with Gasteiger partial charge in [0, 0.05) is 76.4 Å². The van der Waals surface area contributed by atoms with E-state index < -0.39 is 0 Å². The zero-order chi connectivity index (χ0) is 33.8. The molecule has 0 saturated carbocycles. The van der Waals surface area contributed by atoms with Gasteiger partial charge in [0.15, 0.2) is 34.2 Å². The van der Waals surface area contributed by atoms with Gasteiger partial charge in [0.05, 0.1) is 22.1 Å². The number of rotatable bonds is 0. The molecule has 0 bridgehead atoms. The van der Waals surface area contributed by atoms with Crippen LogP contribution in [0.2, 0.25) is 0 Å². The van der Waals surface area contributed by atoms with Gasteiger partial charge in [-0.15, -0.1) is 0 Å². The fraction of sp³-hybridized carbons (Fsp3) is 0.235. The smallest absolute Gasteiger partial charge is 0.199 e. The Morgan fingerprint density at radius 1 is 0.340 bits per heavy atom. The summed E-state index contributed by atoms with van der Waals surface area (Å²) >= 11 is 0. The van der Waals surface area contributed by atoms with Crippen molar-refractivity contribution in [2.24, 2.45) is 0 Å². The lowest BCUT2D eigenvalue weighted by molar-refractivity contribution is 0.505. The Balaban J connectivity index is 0.000000108. The average Bonchev–Trinajstić information content (AvgIpc) is 3.21. The molecule has 0 spiro atoms. The lowest BCUT2D eigenvalue weighted by Gasteiger charge is -2.26. The molecule has 0 aliphatic carbocycles. The third-order valence-corrected chi connectivity index (χ3v) is 7.56. The Morgan fingerprint density at radius 3 is 1.00 bits per heavy atom. The van der Waals surface area contributed by atoms with Crippen molar-refractivity contribution in [1.29, 1.82) is 0 Å². The van der Waals surface area contributed by atoms with Crippen LogP contribution >= 0.6 is 0 Å². The van der Waals surface area contributed by atoms with Gasteiger partial charge in [-0.2, -0.15) is 0 Å². The van der Waals surface area contributed by atoms with Crippen LogP contribution in [0.3, 0.4) is 0 Å². The summed E-state index contributed by atoms with van der Waals surface area (Å²) in [6.45, 7) is 6.16. The number of nitrogens with zero attached hydrogens (tertiary/aromatic N) is 10. The molecule has 7 aromatic rings. The summed E-state index contributed by atoms with van der Waals surface area (Å²) in [4.78, 5) is 41.9. The summed E-state index contributed by atoms with van der Waals surface area (Å²) in [7, 11) is 0. The van der Waals surface area contributed by atoms with Gasteiger partial charge in [-0.05, 0) is 37.1 Å². The first-order valence-corrected chi connectivity index (χ1v) is 16.5. The van der Waals surface area contributed by atoms with E-state index in [0.29, 0.717) is 22.6 Å². The molecule has 0 amide bonds. The second-order valence-corrected chi connectivity index (χ2v) is 11.1. The molecule has 0 radical (unpaired) electrons. The van der Waals surface area contributed by atoms with E-state index in [1.807, 2.05) is 48.5 Å². The zero-order valence-electron chi connectivity index (χ0n) is 27.2. The largest absolute Gasteiger partial charge is 0.369 e. The topological polar surface area (TPSA) is 201 Å². The fourth-order valence-electron chi connectivity index (χ4n) is 5.19. The van der Waals surface area contributed by atoms with Crippen molar-refractivity contribution in [1.82, 2.24) is 71.1 Å². The number of hydrogen-bond acceptors (Lipinski definition) is 16. The van der Waals surface area contributed by atoms with E-state index >= 15 is 0 Å². The Labute approximate surface area is 287 Å². The van der Waals surface area contributed by atoms with Gasteiger partial charge < -0.3 is 31.9 Å². The van der Waals surface area contributed by atoms with Gasteiger partial charge in [-0.1, -0.05) is 24.3 Å². The maximum Gasteiger partial charge on any atom is 0.199 e. The van der Waals surface area contributed by atoms with Crippen molar-refractivity contribution in [2.75, 3.05) is 49.9 Å². The van der Waals surface area contributed by atoms with Crippen molar-refractivity contribution < 1.29 is 0 Å². The van der Waals surface area contributed by atoms with E-state index in [0.717, 1.165) is 84.6 Å². The highest BCUT2D eigenvalue weighted by Gasteiger charge is 2.12. The molecule has 252 valence electrons. The molecule has 8 heterocycles. The van der Waals surface area contributed by atoms with Crippen LogP contribution in [0.4, 0.5) is 11.6 Å². The molecule has 50 heavy (non-hydrogen) atoms. The van der Waals surface area contributed by atoms with Gasteiger partial charge in [0.25, 0.3) is 0 Å². The van der Waals surface area contributed by atoms with Crippen LogP contribution in [-0.4, -0.2) is 89.1 Å². The van der Waals surface area contributed by atoms with Gasteiger partial charge in [0.1, 0.15) is 11.6 Å². The van der Waals surface area contributed by atoms with Crippen LogP contribution in [0.5, 0.6) is 0 Å². The molecule has 3 aliphatic heterocycles. The predicted molar refractivity (Wildman–Crippen MR) is 193 cm³/mol. The summed E-state index contributed by atoms with van der Waals surface area (Å²) in [5.41, 5.74) is 5.73. The van der Waals surface area contributed by atoms with Crippen molar-refractivity contribution in [2.45, 2.75) is 12.8 Å². The molecule has 10 rings (SSSR count). The average molecular weight is 669 g/mol. The van der Waals surface area contributed by atoms with Gasteiger partial charge in [-0.3, -0.25) is 0 Å². The third-order valence-electron chi connectivity index (χ3n) is 7.56. The van der Waals surface area contributed by atoms with Crippen molar-refractivity contribution in [3.63, 3.8) is 0 Å². The summed E-state index contributed by atoms with van der Waals surface area (Å²) in [6.07, 6.45) is 12.1. The highest BCUT2D eigenvalue weighted by atomic mass is 15.2. The second-order valence-electron chi connectivity index (χ2n) is 11.1. The summed E-state index contributed by atoms with van der Waals surface area (Å²) in [5.74, 6) is 3.99. The van der Waals surface area contributed by atoms with Crippen LogP contribution in [0.1, 0.15) is 12.8 Å². The number of benzene rings is 2. The normalized spacial score (nSPS) is 14.6. The van der Waals surface area contributed by atoms with E-state index in [1.54, 1.807) is 37.2 Å². The Bertz CT molecular complexity index is 1960. The van der Waals surface area contributed by atoms with E-state index in [2.05, 4.69) is 81.7 Å². The summed E-state index contributed by atoms with van der Waals surface area (Å²) < 4.78 is 0. The third kappa shape index (κ3) is 8.10. The minimum Gasteiger partial charge on any atom is -0.369 e. The number of hydrogen-bond donors (Lipinski definition) is 6. The highest BCUT2D eigenvalue weighted by Crippen LogP contribution is 2.17. The Hall–Kier alpha value is -6.58. The maximum atomic E-state index is 4.49. The zero-order valence-corrected chi connectivity index (χ0v) is 27.2. The number of aromatic nitrogens is 10. The maximum absolute atomic E-state index is 4.49. The second kappa shape index (κ2) is 16.0. The van der Waals surface area contributed by atoms with Gasteiger partial charge in [0.2, 0.25) is 0 Å². The summed E-state index contributed by atoms with van der Waals surface area (Å²) in [6, 6.07) is 15.5. The quantitative estimate of drug-likeness (QED) is 0.129. The van der Waals surface area contributed by atoms with Crippen molar-refractivity contribution in [3.8, 4) is 0 Å². The Kier molecular flexibility index (Phi) is 10.2. The van der Waals surface area contributed by atoms with Gasteiger partial charge in [-0.25, -0.2) is 49.8 Å². The minimum absolute atomic E-state index is 0.588. The first-order chi connectivity index (χ1) is 24.8. The molecule has 2 aromatic carbocycles. The van der Waals surface area contributed by atoms with Crippen LogP contribution < -0.4 is 31.9 Å². The highest BCUT2D eigenvalue weighted by molar-refractivity contribution is 5.87. The molecule has 0 unspecified atom stereocenters. The first-order valence-electron chi connectivity index (χ1n) is 16.5. The molecule has 2 fully saturated rings. The fourth-order valence-corrected chi connectivity index (χ4v) is 5.19. The van der Waals surface area contributed by atoms with Crippen LogP contribution in [0.15, 0.2) is 97.4 Å². The number of anilines is 2. The molecule has 16 heteroatoms. The number of nitrogens with one attached hydrogen (secondary N) is 6. The molecule has 6 N–H and O–H groups in total. The van der Waals surface area contributed by atoms with E-state index in [4.69, 9.17) is 0 Å². The molecule has 0 atom stereocenters. The minimum atomic E-state index is 0.588. The van der Waals surface area contributed by atoms with E-state index in [-0.39, 0.29) is 0 Å². The summed E-state index contributed by atoms with van der Waals surface area (Å²) in [5, 5.41) is 19.6. The predicted octanol–water partition coefficient (Wildman–Crippen LogP) is 2.74. The van der Waals surface area contributed by atoms with Crippen LogP contribution in [0.25, 0.3) is 44.7 Å². The SMILES string of the molecule is C1CNC(=C2NCCCN2)NC1.c1ccc2nc3nc4ccccc4nc3nc2c1.c1cnc2c(n1)NCCN2.c1cnc2nccnc2n1. The molecule has 3 aliphatic rings. The standard InChI is InChI=1S/C14H8N4.C8H16N4.C6H8N4.C6H4N4/c1-2-6-10-9(5-1)15-13-14(16-10)18-12-8-4-3-7-11(12)17-13;1-3-9-7(10-4-1)8-11-5-2-6-12-8;2*1-2-8-6-5(7-1)9-3-4-10-6/h1-8H;9-12H,1-6H2;1-2H,3-4H2,(H,7,9)(H,8,10);1-4H. The molecule has 5 aromatic heterocycles. The lowest BCUT2D eigenvalue weighted by Crippen LogP contribution is -2.44.